The number of nitrogens with zero attached hydrogens (tertiary/aromatic N) is 3. The van der Waals surface area contributed by atoms with Crippen LogP contribution >= 0.6 is 22.9 Å². The molecule has 2 aromatic heterocycles. The fourth-order valence-corrected chi connectivity index (χ4v) is 1.79. The molecule has 2 aromatic rings. The average Bonchev–Trinajstić information content (AvgIpc) is 2.30. The highest BCUT2D eigenvalue weighted by atomic mass is 127. The second-order valence-corrected chi connectivity index (χ2v) is 3.25. The Morgan fingerprint density at radius 1 is 1.55 bits per heavy atom. The quantitative estimate of drug-likeness (QED) is 0.677. The number of aryl methyl sites for hydroxylation is 1. The Balaban J connectivity index is 2.95. The third-order valence-electron chi connectivity index (χ3n) is 1.63. The van der Waals surface area contributed by atoms with Gasteiger partial charge in [0.1, 0.15) is 0 Å². The van der Waals surface area contributed by atoms with E-state index in [1.54, 1.807) is 6.20 Å². The molecule has 0 N–H and O–H groups in total. The molecule has 2 rings (SSSR count). The van der Waals surface area contributed by atoms with Gasteiger partial charge in [0.2, 0.25) is 0 Å². The zero-order valence-corrected chi connectivity index (χ0v) is 8.11. The lowest BCUT2D eigenvalue weighted by Crippen LogP contribution is -1.80. The Kier molecular flexibility index (Phi) is 1.56. The first-order chi connectivity index (χ1) is 5.29. The van der Waals surface area contributed by atoms with E-state index in [2.05, 4.69) is 32.9 Å². The summed E-state index contributed by atoms with van der Waals surface area (Å²) in [5.41, 5.74) is 2.13. The Morgan fingerprint density at radius 2 is 2.36 bits per heavy atom. The first-order valence-electron chi connectivity index (χ1n) is 3.24. The van der Waals surface area contributed by atoms with Crippen molar-refractivity contribution in [1.82, 2.24) is 13.0 Å². The highest BCUT2D eigenvalue weighted by molar-refractivity contribution is 14.1. The van der Waals surface area contributed by atoms with Crippen LogP contribution in [0.15, 0.2) is 18.5 Å². The van der Waals surface area contributed by atoms with E-state index in [-0.39, 0.29) is 0 Å². The molecular formula is C7H6IN3. The SMILES string of the molecule is Cc1nn(I)c2cnccc12. The van der Waals surface area contributed by atoms with Gasteiger partial charge >= 0.3 is 0 Å². The minimum Gasteiger partial charge on any atom is -0.262 e. The topological polar surface area (TPSA) is 30.7 Å². The highest BCUT2D eigenvalue weighted by Crippen LogP contribution is 2.17. The Labute approximate surface area is 77.9 Å². The molecule has 0 atom stereocenters. The standard InChI is InChI=1S/C7H6IN3/c1-5-6-2-3-9-4-7(6)11(8)10-5/h2-4H,1H3. The van der Waals surface area contributed by atoms with Crippen LogP contribution in [0.25, 0.3) is 10.9 Å². The van der Waals surface area contributed by atoms with Crippen LogP contribution in [0.5, 0.6) is 0 Å². The Morgan fingerprint density at radius 3 is 3.09 bits per heavy atom. The number of rotatable bonds is 0. The van der Waals surface area contributed by atoms with Gasteiger partial charge in [-0.1, -0.05) is 0 Å². The van der Waals surface area contributed by atoms with Crippen molar-refractivity contribution in [3.05, 3.63) is 24.2 Å². The monoisotopic (exact) mass is 259 g/mol. The van der Waals surface area contributed by atoms with E-state index in [1.165, 1.54) is 5.39 Å². The Bertz CT molecular complexity index is 357. The molecule has 56 valence electrons. The molecule has 11 heavy (non-hydrogen) atoms. The van der Waals surface area contributed by atoms with E-state index >= 15 is 0 Å². The van der Waals surface area contributed by atoms with Crippen LogP contribution in [-0.4, -0.2) is 13.0 Å². The van der Waals surface area contributed by atoms with Crippen LogP contribution in [-0.2, 0) is 0 Å². The summed E-state index contributed by atoms with van der Waals surface area (Å²) in [6.07, 6.45) is 3.61. The second kappa shape index (κ2) is 2.44. The Hall–Kier alpha value is -0.650. The number of hydrogen-bond donors (Lipinski definition) is 0. The van der Waals surface area contributed by atoms with Crippen molar-refractivity contribution in [2.45, 2.75) is 6.92 Å². The van der Waals surface area contributed by atoms with Crippen molar-refractivity contribution in [2.24, 2.45) is 0 Å². The van der Waals surface area contributed by atoms with Crippen LogP contribution in [0.3, 0.4) is 0 Å². The fourth-order valence-electron chi connectivity index (χ4n) is 1.08. The summed E-state index contributed by atoms with van der Waals surface area (Å²) in [7, 11) is 0. The van der Waals surface area contributed by atoms with Crippen LogP contribution in [0.4, 0.5) is 0 Å². The van der Waals surface area contributed by atoms with Crippen molar-refractivity contribution in [1.29, 1.82) is 0 Å². The first-order valence-corrected chi connectivity index (χ1v) is 4.21. The van der Waals surface area contributed by atoms with Crippen molar-refractivity contribution < 1.29 is 0 Å². The van der Waals surface area contributed by atoms with Gasteiger partial charge in [-0.05, 0) is 13.0 Å². The molecule has 0 fully saturated rings. The van der Waals surface area contributed by atoms with Gasteiger partial charge < -0.3 is 0 Å². The van der Waals surface area contributed by atoms with Crippen molar-refractivity contribution in [3.63, 3.8) is 0 Å². The first kappa shape index (κ1) is 7.02. The van der Waals surface area contributed by atoms with Gasteiger partial charge in [-0.2, -0.15) is 5.10 Å². The largest absolute Gasteiger partial charge is 0.262 e. The van der Waals surface area contributed by atoms with Gasteiger partial charge in [0.25, 0.3) is 0 Å². The molecule has 0 radical (unpaired) electrons. The molecule has 4 heteroatoms. The number of fused-ring (bicyclic) bond motifs is 1. The molecule has 0 aliphatic carbocycles. The van der Waals surface area contributed by atoms with Gasteiger partial charge in [0.05, 0.1) is 40.3 Å². The molecule has 0 bridgehead atoms. The van der Waals surface area contributed by atoms with Crippen LogP contribution in [0.1, 0.15) is 5.69 Å². The van der Waals surface area contributed by atoms with Crippen LogP contribution in [0.2, 0.25) is 0 Å². The summed E-state index contributed by atoms with van der Waals surface area (Å²) in [5.74, 6) is 0. The average molecular weight is 259 g/mol. The second-order valence-electron chi connectivity index (χ2n) is 2.34. The van der Waals surface area contributed by atoms with E-state index in [0.717, 1.165) is 11.2 Å². The van der Waals surface area contributed by atoms with Crippen molar-refractivity contribution in [2.75, 3.05) is 0 Å². The predicted molar refractivity (Wildman–Crippen MR) is 51.7 cm³/mol. The maximum Gasteiger partial charge on any atom is 0.0982 e. The summed E-state index contributed by atoms with van der Waals surface area (Å²) >= 11 is 2.14. The van der Waals surface area contributed by atoms with Gasteiger partial charge in [-0.3, -0.25) is 4.98 Å². The van der Waals surface area contributed by atoms with E-state index in [4.69, 9.17) is 0 Å². The zero-order valence-electron chi connectivity index (χ0n) is 5.95. The molecule has 0 saturated heterocycles. The molecule has 0 amide bonds. The van der Waals surface area contributed by atoms with E-state index in [0.29, 0.717) is 0 Å². The number of halogens is 1. The summed E-state index contributed by atoms with van der Waals surface area (Å²) in [6.45, 7) is 2.00. The molecule has 3 nitrogen and oxygen atoms in total. The summed E-state index contributed by atoms with van der Waals surface area (Å²) in [4.78, 5) is 4.02. The van der Waals surface area contributed by atoms with Gasteiger partial charge in [0, 0.05) is 11.6 Å². The predicted octanol–water partition coefficient (Wildman–Crippen LogP) is 1.94. The summed E-state index contributed by atoms with van der Waals surface area (Å²) in [5, 5.41) is 5.43. The fraction of sp³-hybridized carbons (Fsp3) is 0.143. The molecular weight excluding hydrogens is 253 g/mol. The smallest absolute Gasteiger partial charge is 0.0982 e. The summed E-state index contributed by atoms with van der Waals surface area (Å²) < 4.78 is 1.81. The molecule has 0 unspecified atom stereocenters. The van der Waals surface area contributed by atoms with Gasteiger partial charge in [0.15, 0.2) is 0 Å². The maximum absolute atomic E-state index is 4.25. The summed E-state index contributed by atoms with van der Waals surface area (Å²) in [6, 6.07) is 1.98. The minimum atomic E-state index is 1.05. The number of aromatic nitrogens is 3. The van der Waals surface area contributed by atoms with Crippen molar-refractivity contribution in [3.8, 4) is 0 Å². The third-order valence-corrected chi connectivity index (χ3v) is 2.36. The number of hydrogen-bond acceptors (Lipinski definition) is 2. The zero-order chi connectivity index (χ0) is 7.84. The lowest BCUT2D eigenvalue weighted by atomic mass is 10.3. The molecule has 0 aromatic carbocycles. The molecule has 2 heterocycles. The lowest BCUT2D eigenvalue weighted by Gasteiger charge is -1.87. The highest BCUT2D eigenvalue weighted by Gasteiger charge is 2.02. The van der Waals surface area contributed by atoms with E-state index in [9.17, 15) is 0 Å². The van der Waals surface area contributed by atoms with Crippen molar-refractivity contribution >= 4 is 33.8 Å². The third kappa shape index (κ3) is 1.01. The lowest BCUT2D eigenvalue weighted by molar-refractivity contribution is 1.04. The number of pyridine rings is 1. The van der Waals surface area contributed by atoms with Gasteiger partial charge in [-0.25, -0.2) is 2.90 Å². The van der Waals surface area contributed by atoms with Gasteiger partial charge in [-0.15, -0.1) is 0 Å². The molecule has 0 spiro atoms. The normalized spacial score (nSPS) is 10.7. The van der Waals surface area contributed by atoms with Crippen LogP contribution in [0, 0.1) is 6.92 Å². The maximum atomic E-state index is 4.25. The molecule has 0 aliphatic rings. The van der Waals surface area contributed by atoms with E-state index < -0.39 is 0 Å². The molecule has 0 saturated carbocycles. The minimum absolute atomic E-state index is 1.05. The van der Waals surface area contributed by atoms with E-state index in [1.807, 2.05) is 22.1 Å². The molecule has 0 aliphatic heterocycles. The van der Waals surface area contributed by atoms with Crippen LogP contribution < -0.4 is 0 Å².